The molecule has 2 heterocycles. The van der Waals surface area contributed by atoms with E-state index in [1.165, 1.54) is 0 Å². The standard InChI is InChI=1S/C20H16ClN3O2S/c1-25-14-6-3-12(4-7-14)15-10-27-20-18(15)19(22-11-23-20)24-16-9-13(21)5-8-17(16)26-2/h3-11H,1-2H3,(H,22,23,24). The first kappa shape index (κ1) is 17.6. The van der Waals surface area contributed by atoms with E-state index >= 15 is 0 Å². The molecule has 0 aliphatic rings. The Labute approximate surface area is 165 Å². The molecule has 2 aromatic heterocycles. The van der Waals surface area contributed by atoms with Crippen molar-refractivity contribution in [3.05, 3.63) is 59.2 Å². The fourth-order valence-corrected chi connectivity index (χ4v) is 3.95. The number of ether oxygens (including phenoxy) is 2. The van der Waals surface area contributed by atoms with Gasteiger partial charge in [0.1, 0.15) is 28.5 Å². The fourth-order valence-electron chi connectivity index (χ4n) is 2.86. The second-order valence-corrected chi connectivity index (χ2v) is 7.04. The maximum Gasteiger partial charge on any atom is 0.143 e. The number of fused-ring (bicyclic) bond motifs is 1. The molecule has 0 spiro atoms. The lowest BCUT2D eigenvalue weighted by atomic mass is 10.1. The summed E-state index contributed by atoms with van der Waals surface area (Å²) in [6.45, 7) is 0. The second kappa shape index (κ2) is 7.42. The summed E-state index contributed by atoms with van der Waals surface area (Å²) >= 11 is 7.73. The van der Waals surface area contributed by atoms with Crippen molar-refractivity contribution in [2.45, 2.75) is 0 Å². The van der Waals surface area contributed by atoms with Crippen molar-refractivity contribution in [3.8, 4) is 22.6 Å². The van der Waals surface area contributed by atoms with E-state index in [2.05, 4.69) is 20.7 Å². The molecule has 1 N–H and O–H groups in total. The van der Waals surface area contributed by atoms with E-state index in [4.69, 9.17) is 21.1 Å². The summed E-state index contributed by atoms with van der Waals surface area (Å²) in [6, 6.07) is 13.4. The SMILES string of the molecule is COc1ccc(-c2csc3ncnc(Nc4cc(Cl)ccc4OC)c23)cc1. The number of anilines is 2. The summed E-state index contributed by atoms with van der Waals surface area (Å²) in [7, 11) is 3.28. The van der Waals surface area contributed by atoms with Crippen LogP contribution in [-0.2, 0) is 0 Å². The molecule has 0 fully saturated rings. The number of rotatable bonds is 5. The molecule has 0 aliphatic heterocycles. The molecule has 0 saturated carbocycles. The van der Waals surface area contributed by atoms with Crippen LogP contribution in [-0.4, -0.2) is 24.2 Å². The van der Waals surface area contributed by atoms with Crippen molar-refractivity contribution < 1.29 is 9.47 Å². The Morgan fingerprint density at radius 2 is 1.81 bits per heavy atom. The number of nitrogens with one attached hydrogen (secondary N) is 1. The Morgan fingerprint density at radius 1 is 1.00 bits per heavy atom. The molecule has 4 rings (SSSR count). The van der Waals surface area contributed by atoms with Gasteiger partial charge in [-0.2, -0.15) is 0 Å². The van der Waals surface area contributed by atoms with E-state index in [1.54, 1.807) is 38.0 Å². The summed E-state index contributed by atoms with van der Waals surface area (Å²) in [5.41, 5.74) is 2.87. The van der Waals surface area contributed by atoms with Crippen LogP contribution in [0.5, 0.6) is 11.5 Å². The van der Waals surface area contributed by atoms with E-state index in [-0.39, 0.29) is 0 Å². The van der Waals surface area contributed by atoms with Crippen LogP contribution in [0.2, 0.25) is 5.02 Å². The molecule has 0 radical (unpaired) electrons. The normalized spacial score (nSPS) is 10.8. The average Bonchev–Trinajstić information content (AvgIpc) is 3.13. The monoisotopic (exact) mass is 397 g/mol. The molecule has 136 valence electrons. The Balaban J connectivity index is 1.82. The van der Waals surface area contributed by atoms with E-state index in [1.807, 2.05) is 36.4 Å². The molecule has 0 saturated heterocycles. The molecule has 27 heavy (non-hydrogen) atoms. The highest BCUT2D eigenvalue weighted by molar-refractivity contribution is 7.17. The lowest BCUT2D eigenvalue weighted by molar-refractivity contribution is 0.415. The topological polar surface area (TPSA) is 56.3 Å². The number of thiophene rings is 1. The van der Waals surface area contributed by atoms with Gasteiger partial charge in [-0.15, -0.1) is 11.3 Å². The molecule has 2 aromatic carbocycles. The quantitative estimate of drug-likeness (QED) is 0.463. The van der Waals surface area contributed by atoms with Gasteiger partial charge in [-0.05, 0) is 35.9 Å². The predicted molar refractivity (Wildman–Crippen MR) is 111 cm³/mol. The highest BCUT2D eigenvalue weighted by Crippen LogP contribution is 2.39. The minimum absolute atomic E-state index is 0.615. The lowest BCUT2D eigenvalue weighted by Crippen LogP contribution is -1.98. The molecule has 7 heteroatoms. The Bertz CT molecular complexity index is 1100. The number of aromatic nitrogens is 2. The maximum absolute atomic E-state index is 6.15. The van der Waals surface area contributed by atoms with Crippen LogP contribution in [0.25, 0.3) is 21.3 Å². The minimum Gasteiger partial charge on any atom is -0.497 e. The van der Waals surface area contributed by atoms with Crippen LogP contribution in [0.15, 0.2) is 54.2 Å². The van der Waals surface area contributed by atoms with Crippen LogP contribution in [0.3, 0.4) is 0 Å². The highest BCUT2D eigenvalue weighted by atomic mass is 35.5. The first-order valence-electron chi connectivity index (χ1n) is 8.17. The van der Waals surface area contributed by atoms with Crippen molar-refractivity contribution in [1.29, 1.82) is 0 Å². The molecule has 0 unspecified atom stereocenters. The Kier molecular flexibility index (Phi) is 4.83. The predicted octanol–water partition coefficient (Wildman–Crippen LogP) is 5.77. The van der Waals surface area contributed by atoms with E-state index in [0.717, 1.165) is 32.8 Å². The zero-order chi connectivity index (χ0) is 18.8. The second-order valence-electron chi connectivity index (χ2n) is 5.75. The van der Waals surface area contributed by atoms with Gasteiger partial charge in [0.05, 0.1) is 25.3 Å². The van der Waals surface area contributed by atoms with E-state index in [9.17, 15) is 0 Å². The van der Waals surface area contributed by atoms with Crippen molar-refractivity contribution >= 4 is 44.7 Å². The zero-order valence-electron chi connectivity index (χ0n) is 14.7. The van der Waals surface area contributed by atoms with Gasteiger partial charge in [0, 0.05) is 16.0 Å². The third kappa shape index (κ3) is 3.41. The summed E-state index contributed by atoms with van der Waals surface area (Å²) < 4.78 is 10.7. The van der Waals surface area contributed by atoms with Crippen molar-refractivity contribution in [1.82, 2.24) is 9.97 Å². The molecule has 0 aliphatic carbocycles. The van der Waals surface area contributed by atoms with Crippen LogP contribution in [0.4, 0.5) is 11.5 Å². The molecule has 0 atom stereocenters. The number of nitrogens with zero attached hydrogens (tertiary/aromatic N) is 2. The molecule has 4 aromatic rings. The number of halogens is 1. The van der Waals surface area contributed by atoms with Crippen LogP contribution >= 0.6 is 22.9 Å². The number of hydrogen-bond acceptors (Lipinski definition) is 6. The van der Waals surface area contributed by atoms with Crippen molar-refractivity contribution in [3.63, 3.8) is 0 Å². The number of methoxy groups -OCH3 is 2. The van der Waals surface area contributed by atoms with Crippen LogP contribution in [0, 0.1) is 0 Å². The van der Waals surface area contributed by atoms with Crippen molar-refractivity contribution in [2.75, 3.05) is 19.5 Å². The lowest BCUT2D eigenvalue weighted by Gasteiger charge is -2.12. The molecule has 5 nitrogen and oxygen atoms in total. The third-order valence-corrected chi connectivity index (χ3v) is 5.31. The summed E-state index contributed by atoms with van der Waals surface area (Å²) in [4.78, 5) is 9.77. The molecule has 0 bridgehead atoms. The van der Waals surface area contributed by atoms with Gasteiger partial charge in [-0.3, -0.25) is 0 Å². The number of benzene rings is 2. The Morgan fingerprint density at radius 3 is 2.56 bits per heavy atom. The first-order valence-corrected chi connectivity index (χ1v) is 9.42. The van der Waals surface area contributed by atoms with Gasteiger partial charge in [-0.25, -0.2) is 9.97 Å². The minimum atomic E-state index is 0.615. The molecule has 0 amide bonds. The van der Waals surface area contributed by atoms with Crippen molar-refractivity contribution in [2.24, 2.45) is 0 Å². The smallest absolute Gasteiger partial charge is 0.143 e. The fraction of sp³-hybridized carbons (Fsp3) is 0.100. The largest absolute Gasteiger partial charge is 0.497 e. The van der Waals surface area contributed by atoms with Gasteiger partial charge < -0.3 is 14.8 Å². The van der Waals surface area contributed by atoms with Gasteiger partial charge in [0.2, 0.25) is 0 Å². The van der Waals surface area contributed by atoms with Gasteiger partial charge in [0.15, 0.2) is 0 Å². The Hall–Kier alpha value is -2.83. The van der Waals surface area contributed by atoms with E-state index < -0.39 is 0 Å². The van der Waals surface area contributed by atoms with Gasteiger partial charge in [-0.1, -0.05) is 23.7 Å². The first-order chi connectivity index (χ1) is 13.2. The highest BCUT2D eigenvalue weighted by Gasteiger charge is 2.15. The van der Waals surface area contributed by atoms with E-state index in [0.29, 0.717) is 16.6 Å². The van der Waals surface area contributed by atoms with Crippen LogP contribution in [0.1, 0.15) is 0 Å². The zero-order valence-corrected chi connectivity index (χ0v) is 16.3. The molecular weight excluding hydrogens is 382 g/mol. The summed E-state index contributed by atoms with van der Waals surface area (Å²) in [5, 5.41) is 7.00. The summed E-state index contributed by atoms with van der Waals surface area (Å²) in [6.07, 6.45) is 1.55. The van der Waals surface area contributed by atoms with Gasteiger partial charge >= 0.3 is 0 Å². The summed E-state index contributed by atoms with van der Waals surface area (Å²) in [5.74, 6) is 2.21. The maximum atomic E-state index is 6.15. The number of hydrogen-bond donors (Lipinski definition) is 1. The average molecular weight is 398 g/mol. The van der Waals surface area contributed by atoms with Crippen LogP contribution < -0.4 is 14.8 Å². The molecular formula is C20H16ClN3O2S. The third-order valence-electron chi connectivity index (χ3n) is 4.19. The van der Waals surface area contributed by atoms with Gasteiger partial charge in [0.25, 0.3) is 0 Å².